The molecule has 2 rings (SSSR count). The van der Waals surface area contributed by atoms with Crippen LogP contribution in [0.3, 0.4) is 0 Å². The molecule has 21 heteroatoms. The Hall–Kier alpha value is -2.43. The highest BCUT2D eigenvalue weighted by atomic mass is 31.2. The van der Waals surface area contributed by atoms with Crippen molar-refractivity contribution >= 4 is 31.9 Å². The number of phosphoric ester groups is 1. The molecule has 0 saturated carbocycles. The molecule has 2 fully saturated rings. The number of hydrogen-bond acceptors (Lipinski definition) is 15. The third-order valence-corrected chi connectivity index (χ3v) is 17.9. The van der Waals surface area contributed by atoms with Crippen LogP contribution in [0, 0.1) is 0 Å². The number of allylic oxidation sites excluding steroid dienone is 2. The molecule has 0 radical (unpaired) electrons. The number of aliphatic hydroxyl groups excluding tert-OH is 1. The normalized spacial score (nSPS) is 22.4. The van der Waals surface area contributed by atoms with E-state index in [0.717, 1.165) is 116 Å². The summed E-state index contributed by atoms with van der Waals surface area (Å²) in [7, 11) is -3.85. The van der Waals surface area contributed by atoms with E-state index in [1.54, 1.807) is 0 Å². The molecule has 2 amide bonds. The zero-order valence-electron chi connectivity index (χ0n) is 57.5. The van der Waals surface area contributed by atoms with Crippen LogP contribution in [-0.4, -0.2) is 158 Å². The molecular weight excluding hydrogens is 1190 g/mol. The summed E-state index contributed by atoms with van der Waals surface area (Å²) in [4.78, 5) is 72.0. The number of amides is 2. The fraction of sp³-hybridized carbons (Fsp3) is 0.914. The Bertz CT molecular complexity index is 1850. The molecular formula is C70H131N2O18P. The Morgan fingerprint density at radius 1 is 0.527 bits per heavy atom. The standard InChI is InChI=1S/C70H131N2O18P/c1-6-10-14-18-22-26-28-29-33-36-40-44-49-83-58(47-43-39-35-31-25-21-17-13-9-4)48-51-85-68-63(71-56-73)69(89-60(53-82-5)66(68)90-91(79,80)81)86-54-59-65(78)67(84-50-45-41-37-32-27-23-19-15-11-7-2)64(70(88-59)87-55-62(76)77)72-61(75)52-57(74)46-42-38-34-30-24-20-16-12-8-3/h26,28,56,58-60,63-70,78H,6-25,27,29-55H2,1-5H3,(H,71,73)(H,72,75)(H,76,77)(H2,79,80,81)/b28-26-/t58?,59-,60-,63-,64-,65-,66-,67-,68-,69-,70+/m1/s1. The molecule has 2 aliphatic heterocycles. The van der Waals surface area contributed by atoms with Gasteiger partial charge in [0, 0.05) is 33.4 Å². The average molecular weight is 1320 g/mol. The molecule has 0 aliphatic carbocycles. The summed E-state index contributed by atoms with van der Waals surface area (Å²) in [5.74, 6) is -2.24. The first-order valence-corrected chi connectivity index (χ1v) is 37.9. The van der Waals surface area contributed by atoms with Gasteiger partial charge in [-0.3, -0.25) is 18.9 Å². The van der Waals surface area contributed by atoms with Gasteiger partial charge in [0.2, 0.25) is 12.3 Å². The van der Waals surface area contributed by atoms with Gasteiger partial charge in [-0.05, 0) is 57.8 Å². The topological polar surface area (TPSA) is 273 Å². The van der Waals surface area contributed by atoms with E-state index in [1.165, 1.54) is 129 Å². The number of aliphatic carboxylic acids is 1. The van der Waals surface area contributed by atoms with E-state index in [-0.39, 0.29) is 38.1 Å². The van der Waals surface area contributed by atoms with Crippen LogP contribution in [0.5, 0.6) is 0 Å². The molecule has 0 bridgehead atoms. The molecule has 2 heterocycles. The lowest BCUT2D eigenvalue weighted by Gasteiger charge is -2.47. The van der Waals surface area contributed by atoms with Gasteiger partial charge in [0.25, 0.3) is 0 Å². The second-order valence-electron chi connectivity index (χ2n) is 25.6. The zero-order valence-corrected chi connectivity index (χ0v) is 58.4. The summed E-state index contributed by atoms with van der Waals surface area (Å²) in [6, 6.07) is -2.53. The van der Waals surface area contributed by atoms with Crippen molar-refractivity contribution in [2.45, 2.75) is 365 Å². The second-order valence-corrected chi connectivity index (χ2v) is 26.8. The van der Waals surface area contributed by atoms with Crippen LogP contribution in [0.15, 0.2) is 12.2 Å². The third-order valence-electron chi connectivity index (χ3n) is 17.4. The fourth-order valence-corrected chi connectivity index (χ4v) is 12.7. The number of methoxy groups -OCH3 is 1. The predicted octanol–water partition coefficient (Wildman–Crippen LogP) is 14.4. The quantitative estimate of drug-likeness (QED) is 0.0109. The summed E-state index contributed by atoms with van der Waals surface area (Å²) in [5, 5.41) is 27.5. The number of nitrogens with one attached hydrogen (secondary N) is 2. The minimum Gasteiger partial charge on any atom is -0.480 e. The zero-order chi connectivity index (χ0) is 66.4. The van der Waals surface area contributed by atoms with Crippen LogP contribution >= 0.6 is 7.82 Å². The fourth-order valence-electron chi connectivity index (χ4n) is 12.1. The van der Waals surface area contributed by atoms with Crippen molar-refractivity contribution in [3.8, 4) is 0 Å². The van der Waals surface area contributed by atoms with Crippen LogP contribution in [0.25, 0.3) is 0 Å². The molecule has 0 aromatic carbocycles. The Morgan fingerprint density at radius 2 is 1.00 bits per heavy atom. The van der Waals surface area contributed by atoms with Gasteiger partial charge in [0.05, 0.1) is 25.7 Å². The van der Waals surface area contributed by atoms with E-state index in [2.05, 4.69) is 50.5 Å². The third kappa shape index (κ3) is 42.7. The van der Waals surface area contributed by atoms with E-state index in [4.69, 9.17) is 42.4 Å². The monoisotopic (exact) mass is 1320 g/mol. The molecule has 2 saturated heterocycles. The van der Waals surface area contributed by atoms with Gasteiger partial charge in [0.15, 0.2) is 12.6 Å². The van der Waals surface area contributed by atoms with Gasteiger partial charge < -0.3 is 68.5 Å². The smallest absolute Gasteiger partial charge is 0.470 e. The summed E-state index contributed by atoms with van der Waals surface area (Å²) >= 11 is 0. The van der Waals surface area contributed by atoms with Crippen molar-refractivity contribution in [3.05, 3.63) is 12.2 Å². The maximum atomic E-state index is 13.7. The first-order chi connectivity index (χ1) is 44.2. The van der Waals surface area contributed by atoms with Crippen molar-refractivity contribution in [2.75, 3.05) is 46.8 Å². The Morgan fingerprint density at radius 3 is 1.53 bits per heavy atom. The van der Waals surface area contributed by atoms with Crippen molar-refractivity contribution < 1.29 is 86.2 Å². The lowest BCUT2D eigenvalue weighted by molar-refractivity contribution is -0.307. The molecule has 0 spiro atoms. The van der Waals surface area contributed by atoms with E-state index in [0.29, 0.717) is 32.3 Å². The predicted molar refractivity (Wildman–Crippen MR) is 357 cm³/mol. The summed E-state index contributed by atoms with van der Waals surface area (Å²) in [6.07, 6.45) is 37.2. The molecule has 6 N–H and O–H groups in total. The van der Waals surface area contributed by atoms with Gasteiger partial charge in [-0.1, -0.05) is 239 Å². The number of hydrogen-bond donors (Lipinski definition) is 6. The number of ether oxygens (including phenoxy) is 8. The number of carbonyl (C=O) groups is 4. The van der Waals surface area contributed by atoms with Gasteiger partial charge >= 0.3 is 13.8 Å². The number of phosphoric acid groups is 1. The molecule has 534 valence electrons. The minimum atomic E-state index is -5.23. The molecule has 91 heavy (non-hydrogen) atoms. The Labute approximate surface area is 550 Å². The van der Waals surface area contributed by atoms with E-state index in [9.17, 15) is 43.7 Å². The molecule has 0 aromatic heterocycles. The lowest BCUT2D eigenvalue weighted by Crippen LogP contribution is -2.67. The van der Waals surface area contributed by atoms with E-state index < -0.39 is 101 Å². The highest BCUT2D eigenvalue weighted by Gasteiger charge is 2.52. The summed E-state index contributed by atoms with van der Waals surface area (Å²) in [6.45, 7) is 8.05. The molecule has 20 nitrogen and oxygen atoms in total. The number of unbranched alkanes of at least 4 members (excludes halogenated alkanes) is 33. The first-order valence-electron chi connectivity index (χ1n) is 36.4. The highest BCUT2D eigenvalue weighted by Crippen LogP contribution is 2.42. The number of Topliss-reactive ketones (excluding diaryl/α,β-unsaturated/α-hetero) is 1. The SMILES string of the molecule is CCCCCC/C=C\CCCCCCOC(CCCCCCCCCCC)CCO[C@@H]1[C@@H](NC=O)[C@H](OC[C@H]2O[C@H](OCC(=O)O)[C@H](NC(=O)CC(=O)CCCCCCCCCCC)[C@@H](OCCCCCCCCCCCC)[C@@H]2O)O[C@H](COC)[C@H]1OP(=O)(O)O. The maximum absolute atomic E-state index is 13.7. The van der Waals surface area contributed by atoms with E-state index >= 15 is 0 Å². The first kappa shape index (κ1) is 84.7. The molecule has 11 atom stereocenters. The minimum absolute atomic E-state index is 0.0467. The van der Waals surface area contributed by atoms with Crippen LogP contribution < -0.4 is 10.6 Å². The Balaban J connectivity index is 2.35. The van der Waals surface area contributed by atoms with Gasteiger partial charge in [-0.2, -0.15) is 0 Å². The number of carboxylic acid groups (broad SMARTS) is 1. The lowest BCUT2D eigenvalue weighted by atomic mass is 9.95. The van der Waals surface area contributed by atoms with Crippen LogP contribution in [0.4, 0.5) is 0 Å². The van der Waals surface area contributed by atoms with Crippen LogP contribution in [0.2, 0.25) is 0 Å². The van der Waals surface area contributed by atoms with Crippen molar-refractivity contribution in [2.24, 2.45) is 0 Å². The van der Waals surface area contributed by atoms with Crippen molar-refractivity contribution in [3.63, 3.8) is 0 Å². The summed E-state index contributed by atoms with van der Waals surface area (Å²) < 4.78 is 67.9. The highest BCUT2D eigenvalue weighted by molar-refractivity contribution is 7.46. The van der Waals surface area contributed by atoms with Crippen molar-refractivity contribution in [1.82, 2.24) is 10.6 Å². The molecule has 2 aliphatic rings. The summed E-state index contributed by atoms with van der Waals surface area (Å²) in [5.41, 5.74) is 0. The van der Waals surface area contributed by atoms with E-state index in [1.807, 2.05) is 0 Å². The van der Waals surface area contributed by atoms with Gasteiger partial charge in [-0.25, -0.2) is 9.36 Å². The average Bonchev–Trinajstić information content (AvgIpc) is 0.818. The molecule has 1 unspecified atom stereocenters. The van der Waals surface area contributed by atoms with Crippen LogP contribution in [-0.2, 0) is 66.2 Å². The number of carbonyl (C=O) groups excluding carboxylic acids is 3. The maximum Gasteiger partial charge on any atom is 0.470 e. The van der Waals surface area contributed by atoms with Crippen molar-refractivity contribution in [1.29, 1.82) is 0 Å². The number of ketones is 1. The van der Waals surface area contributed by atoms with Crippen LogP contribution in [0.1, 0.15) is 297 Å². The molecule has 0 aromatic rings. The second kappa shape index (κ2) is 56.7. The number of aliphatic hydroxyl groups is 1. The number of carboxylic acids is 1. The van der Waals surface area contributed by atoms with Gasteiger partial charge in [0.1, 0.15) is 61.1 Å². The Kier molecular flexibility index (Phi) is 52.8. The largest absolute Gasteiger partial charge is 0.480 e. The number of rotatable bonds is 64. The van der Waals surface area contributed by atoms with Gasteiger partial charge in [-0.15, -0.1) is 0 Å².